The second kappa shape index (κ2) is 2.63. The third-order valence-corrected chi connectivity index (χ3v) is 2.41. The minimum atomic E-state index is 0.171. The van der Waals surface area contributed by atoms with E-state index in [1.165, 1.54) is 24.0 Å². The Morgan fingerprint density at radius 2 is 2.00 bits per heavy atom. The van der Waals surface area contributed by atoms with Crippen LogP contribution in [-0.4, -0.2) is 5.84 Å². The molecule has 0 atom stereocenters. The van der Waals surface area contributed by atoms with Gasteiger partial charge in [-0.3, -0.25) is 5.41 Å². The zero-order valence-electron chi connectivity index (χ0n) is 6.93. The van der Waals surface area contributed by atoms with E-state index in [1.54, 1.807) is 0 Å². The largest absolute Gasteiger partial charge is 0.384 e. The van der Waals surface area contributed by atoms with Crippen LogP contribution >= 0.6 is 0 Å². The molecule has 1 aliphatic rings. The lowest BCUT2D eigenvalue weighted by Gasteiger charge is -2.01. The van der Waals surface area contributed by atoms with Gasteiger partial charge in [0.05, 0.1) is 0 Å². The van der Waals surface area contributed by atoms with E-state index in [9.17, 15) is 0 Å². The van der Waals surface area contributed by atoms with Gasteiger partial charge in [-0.2, -0.15) is 0 Å². The van der Waals surface area contributed by atoms with E-state index in [0.29, 0.717) is 0 Å². The zero-order valence-corrected chi connectivity index (χ0v) is 6.93. The second-order valence-electron chi connectivity index (χ2n) is 3.25. The first-order valence-corrected chi connectivity index (χ1v) is 4.23. The fourth-order valence-electron chi connectivity index (χ4n) is 1.74. The van der Waals surface area contributed by atoms with Crippen LogP contribution in [0.2, 0.25) is 0 Å². The Morgan fingerprint density at radius 1 is 1.25 bits per heavy atom. The summed E-state index contributed by atoms with van der Waals surface area (Å²) in [6, 6.07) is 6.08. The molecule has 0 radical (unpaired) electrons. The first-order valence-electron chi connectivity index (χ1n) is 4.23. The molecule has 12 heavy (non-hydrogen) atoms. The van der Waals surface area contributed by atoms with Crippen LogP contribution < -0.4 is 5.73 Å². The lowest BCUT2D eigenvalue weighted by Crippen LogP contribution is -2.11. The van der Waals surface area contributed by atoms with E-state index in [4.69, 9.17) is 11.1 Å². The Bertz CT molecular complexity index is 329. The van der Waals surface area contributed by atoms with E-state index in [2.05, 4.69) is 6.07 Å². The van der Waals surface area contributed by atoms with Gasteiger partial charge >= 0.3 is 0 Å². The molecule has 1 aromatic carbocycles. The van der Waals surface area contributed by atoms with Gasteiger partial charge in [0.15, 0.2) is 0 Å². The van der Waals surface area contributed by atoms with Crippen molar-refractivity contribution in [3.8, 4) is 0 Å². The average molecular weight is 160 g/mol. The highest BCUT2D eigenvalue weighted by molar-refractivity contribution is 5.95. The van der Waals surface area contributed by atoms with Gasteiger partial charge in [-0.1, -0.05) is 12.1 Å². The number of amidine groups is 1. The van der Waals surface area contributed by atoms with Crippen LogP contribution in [0.1, 0.15) is 23.1 Å². The maximum absolute atomic E-state index is 7.28. The van der Waals surface area contributed by atoms with Crippen LogP contribution in [0.3, 0.4) is 0 Å². The van der Waals surface area contributed by atoms with E-state index in [-0.39, 0.29) is 5.84 Å². The van der Waals surface area contributed by atoms with Gasteiger partial charge in [-0.25, -0.2) is 0 Å². The number of nitrogen functional groups attached to an aromatic ring is 1. The molecule has 0 aromatic heterocycles. The number of aryl methyl sites for hydroxylation is 2. The molecular weight excluding hydrogens is 148 g/mol. The van der Waals surface area contributed by atoms with Crippen molar-refractivity contribution >= 4 is 5.84 Å². The standard InChI is InChI=1S/C10H12N2/c11-10(12)9-5-4-7-2-1-3-8(7)6-9/h4-6H,1-3H2,(H3,11,12). The van der Waals surface area contributed by atoms with E-state index in [0.717, 1.165) is 12.0 Å². The summed E-state index contributed by atoms with van der Waals surface area (Å²) in [5, 5.41) is 7.28. The lowest BCUT2D eigenvalue weighted by atomic mass is 10.1. The van der Waals surface area contributed by atoms with E-state index in [1.807, 2.05) is 12.1 Å². The summed E-state index contributed by atoms with van der Waals surface area (Å²) in [7, 11) is 0. The van der Waals surface area contributed by atoms with E-state index < -0.39 is 0 Å². The van der Waals surface area contributed by atoms with Gasteiger partial charge in [0.2, 0.25) is 0 Å². The quantitative estimate of drug-likeness (QED) is 0.474. The maximum atomic E-state index is 7.28. The summed E-state index contributed by atoms with van der Waals surface area (Å²) in [4.78, 5) is 0. The minimum absolute atomic E-state index is 0.171. The van der Waals surface area contributed by atoms with Crippen molar-refractivity contribution in [1.82, 2.24) is 0 Å². The Labute approximate surface area is 71.9 Å². The minimum Gasteiger partial charge on any atom is -0.384 e. The summed E-state index contributed by atoms with van der Waals surface area (Å²) in [6.07, 6.45) is 3.58. The topological polar surface area (TPSA) is 49.9 Å². The lowest BCUT2D eigenvalue weighted by molar-refractivity contribution is 0.912. The molecule has 0 bridgehead atoms. The highest BCUT2D eigenvalue weighted by Crippen LogP contribution is 2.22. The summed E-state index contributed by atoms with van der Waals surface area (Å²) < 4.78 is 0. The second-order valence-corrected chi connectivity index (χ2v) is 3.25. The molecule has 2 rings (SSSR count). The molecule has 0 aliphatic heterocycles. The van der Waals surface area contributed by atoms with Crippen LogP contribution in [0.15, 0.2) is 18.2 Å². The Balaban J connectivity index is 2.45. The molecule has 0 heterocycles. The average Bonchev–Trinajstić information content (AvgIpc) is 2.49. The molecule has 0 spiro atoms. The number of hydrogen-bond acceptors (Lipinski definition) is 1. The highest BCUT2D eigenvalue weighted by atomic mass is 14.7. The number of nitrogens with two attached hydrogens (primary N) is 1. The number of rotatable bonds is 1. The fraction of sp³-hybridized carbons (Fsp3) is 0.300. The van der Waals surface area contributed by atoms with Crippen LogP contribution in [0.4, 0.5) is 0 Å². The molecule has 1 aliphatic carbocycles. The number of benzene rings is 1. The van der Waals surface area contributed by atoms with Crippen LogP contribution in [0.5, 0.6) is 0 Å². The van der Waals surface area contributed by atoms with Crippen molar-refractivity contribution in [3.63, 3.8) is 0 Å². The van der Waals surface area contributed by atoms with Crippen LogP contribution in [0, 0.1) is 5.41 Å². The molecule has 3 N–H and O–H groups in total. The van der Waals surface area contributed by atoms with Crippen molar-refractivity contribution in [2.45, 2.75) is 19.3 Å². The summed E-state index contributed by atoms with van der Waals surface area (Å²) in [5.74, 6) is 0.171. The van der Waals surface area contributed by atoms with Crippen LogP contribution in [0.25, 0.3) is 0 Å². The third-order valence-electron chi connectivity index (χ3n) is 2.41. The molecule has 0 unspecified atom stereocenters. The molecular formula is C10H12N2. The highest BCUT2D eigenvalue weighted by Gasteiger charge is 2.10. The van der Waals surface area contributed by atoms with Crippen molar-refractivity contribution in [3.05, 3.63) is 34.9 Å². The molecule has 2 nitrogen and oxygen atoms in total. The predicted octanol–water partition coefficient (Wildman–Crippen LogP) is 1.46. The smallest absolute Gasteiger partial charge is 0.122 e. The van der Waals surface area contributed by atoms with Gasteiger partial charge in [-0.15, -0.1) is 0 Å². The van der Waals surface area contributed by atoms with Gasteiger partial charge < -0.3 is 5.73 Å². The van der Waals surface area contributed by atoms with Gasteiger partial charge in [0, 0.05) is 5.56 Å². The van der Waals surface area contributed by atoms with Gasteiger partial charge in [0.1, 0.15) is 5.84 Å². The van der Waals surface area contributed by atoms with Gasteiger partial charge in [-0.05, 0) is 36.5 Å². The first kappa shape index (κ1) is 7.35. The molecule has 62 valence electrons. The van der Waals surface area contributed by atoms with Crippen molar-refractivity contribution in [2.24, 2.45) is 5.73 Å². The Morgan fingerprint density at radius 3 is 2.75 bits per heavy atom. The van der Waals surface area contributed by atoms with Crippen molar-refractivity contribution in [2.75, 3.05) is 0 Å². The molecule has 2 heteroatoms. The summed E-state index contributed by atoms with van der Waals surface area (Å²) >= 11 is 0. The SMILES string of the molecule is N=C(N)c1ccc2c(c1)CCC2. The summed E-state index contributed by atoms with van der Waals surface area (Å²) in [6.45, 7) is 0. The van der Waals surface area contributed by atoms with Crippen molar-refractivity contribution in [1.29, 1.82) is 5.41 Å². The number of nitrogens with one attached hydrogen (secondary N) is 1. The van der Waals surface area contributed by atoms with E-state index >= 15 is 0 Å². The third kappa shape index (κ3) is 1.09. The molecule has 0 amide bonds. The molecule has 1 aromatic rings. The predicted molar refractivity (Wildman–Crippen MR) is 49.5 cm³/mol. The molecule has 0 saturated carbocycles. The van der Waals surface area contributed by atoms with Crippen LogP contribution in [-0.2, 0) is 12.8 Å². The Hall–Kier alpha value is -1.31. The molecule has 0 fully saturated rings. The maximum Gasteiger partial charge on any atom is 0.122 e. The fourth-order valence-corrected chi connectivity index (χ4v) is 1.74. The Kier molecular flexibility index (Phi) is 1.61. The number of hydrogen-bond donors (Lipinski definition) is 2. The van der Waals surface area contributed by atoms with Crippen molar-refractivity contribution < 1.29 is 0 Å². The molecule has 0 saturated heterocycles. The zero-order chi connectivity index (χ0) is 8.55. The normalized spacial score (nSPS) is 14.3. The number of fused-ring (bicyclic) bond motifs is 1. The van der Waals surface area contributed by atoms with Gasteiger partial charge in [0.25, 0.3) is 0 Å². The monoisotopic (exact) mass is 160 g/mol. The summed E-state index contributed by atoms with van der Waals surface area (Å²) in [5.41, 5.74) is 9.06. The first-order chi connectivity index (χ1) is 5.77.